The van der Waals surface area contributed by atoms with Crippen LogP contribution in [0.2, 0.25) is 0 Å². The topological polar surface area (TPSA) is 66.9 Å². The molecule has 0 saturated carbocycles. The molecular weight excluding hydrogens is 192 g/mol. The third kappa shape index (κ3) is 4.39. The molecule has 5 heteroatoms. The van der Waals surface area contributed by atoms with Crippen molar-refractivity contribution < 1.29 is 4.79 Å². The van der Waals surface area contributed by atoms with E-state index in [1.807, 2.05) is 0 Å². The number of carbonyl (C=O) groups is 1. The summed E-state index contributed by atoms with van der Waals surface area (Å²) in [5.41, 5.74) is 0. The first kappa shape index (κ1) is 11.4. The molecule has 0 atom stereocenters. The van der Waals surface area contributed by atoms with Crippen LogP contribution >= 0.6 is 0 Å². The Labute approximate surface area is 89.3 Å². The number of aromatic nitrogens is 2. The maximum atomic E-state index is 10.8. The van der Waals surface area contributed by atoms with Crippen molar-refractivity contribution in [1.82, 2.24) is 9.97 Å². The largest absolute Gasteiger partial charge is 0.370 e. The lowest BCUT2D eigenvalue weighted by Gasteiger charge is -2.06. The monoisotopic (exact) mass is 208 g/mol. The van der Waals surface area contributed by atoms with Crippen molar-refractivity contribution in [2.75, 3.05) is 23.7 Å². The Morgan fingerprint density at radius 2 is 2.00 bits per heavy atom. The first-order valence-electron chi connectivity index (χ1n) is 5.01. The van der Waals surface area contributed by atoms with Gasteiger partial charge in [-0.3, -0.25) is 4.79 Å². The lowest BCUT2D eigenvalue weighted by molar-refractivity contribution is -0.115. The fourth-order valence-electron chi connectivity index (χ4n) is 1.02. The molecule has 2 N–H and O–H groups in total. The van der Waals surface area contributed by atoms with Crippen LogP contribution in [0.3, 0.4) is 0 Å². The van der Waals surface area contributed by atoms with E-state index in [9.17, 15) is 4.79 Å². The van der Waals surface area contributed by atoms with Gasteiger partial charge in [-0.2, -0.15) is 0 Å². The minimum Gasteiger partial charge on any atom is -0.370 e. The molecule has 0 saturated heterocycles. The quantitative estimate of drug-likeness (QED) is 0.737. The van der Waals surface area contributed by atoms with E-state index < -0.39 is 0 Å². The average Bonchev–Trinajstić information content (AvgIpc) is 2.24. The van der Waals surface area contributed by atoms with Gasteiger partial charge < -0.3 is 10.6 Å². The van der Waals surface area contributed by atoms with Gasteiger partial charge >= 0.3 is 0 Å². The standard InChI is InChI=1S/C10H16N4O/c1-3-4-11-9-5-10(14-7-13-9)12-6-8(2)15/h5,7H,3-4,6H2,1-2H3,(H2,11,12,13,14). The average molecular weight is 208 g/mol. The van der Waals surface area contributed by atoms with Crippen molar-refractivity contribution in [1.29, 1.82) is 0 Å². The molecule has 0 aromatic carbocycles. The maximum absolute atomic E-state index is 10.8. The Morgan fingerprint density at radius 3 is 2.60 bits per heavy atom. The molecule has 1 rings (SSSR count). The lowest BCUT2D eigenvalue weighted by Crippen LogP contribution is -2.11. The van der Waals surface area contributed by atoms with Gasteiger partial charge in [-0.1, -0.05) is 6.92 Å². The molecule has 0 bridgehead atoms. The summed E-state index contributed by atoms with van der Waals surface area (Å²) in [6.07, 6.45) is 2.51. The molecule has 0 radical (unpaired) electrons. The van der Waals surface area contributed by atoms with Crippen LogP contribution in [0.1, 0.15) is 20.3 Å². The van der Waals surface area contributed by atoms with Gasteiger partial charge in [-0.25, -0.2) is 9.97 Å². The summed E-state index contributed by atoms with van der Waals surface area (Å²) in [4.78, 5) is 18.8. The molecule has 0 aliphatic heterocycles. The first-order chi connectivity index (χ1) is 7.22. The highest BCUT2D eigenvalue weighted by molar-refractivity contribution is 5.80. The van der Waals surface area contributed by atoms with E-state index in [0.717, 1.165) is 18.8 Å². The fraction of sp³-hybridized carbons (Fsp3) is 0.500. The fourth-order valence-corrected chi connectivity index (χ4v) is 1.02. The van der Waals surface area contributed by atoms with E-state index in [1.54, 1.807) is 6.07 Å². The zero-order chi connectivity index (χ0) is 11.1. The third-order valence-corrected chi connectivity index (χ3v) is 1.74. The Balaban J connectivity index is 2.53. The van der Waals surface area contributed by atoms with Gasteiger partial charge in [0.15, 0.2) is 0 Å². The van der Waals surface area contributed by atoms with Crippen molar-refractivity contribution in [2.45, 2.75) is 20.3 Å². The number of Topliss-reactive ketones (excluding diaryl/α,β-unsaturated/α-hetero) is 1. The van der Waals surface area contributed by atoms with Crippen LogP contribution in [0.25, 0.3) is 0 Å². The highest BCUT2D eigenvalue weighted by Gasteiger charge is 1.98. The van der Waals surface area contributed by atoms with Crippen LogP contribution < -0.4 is 10.6 Å². The SMILES string of the molecule is CCCNc1cc(NCC(C)=O)ncn1. The summed E-state index contributed by atoms with van der Waals surface area (Å²) in [6.45, 7) is 4.79. The van der Waals surface area contributed by atoms with Gasteiger partial charge in [0.25, 0.3) is 0 Å². The summed E-state index contributed by atoms with van der Waals surface area (Å²) in [7, 11) is 0. The molecule has 0 unspecified atom stereocenters. The molecule has 0 aliphatic rings. The molecule has 1 aromatic rings. The van der Waals surface area contributed by atoms with Crippen LogP contribution in [-0.2, 0) is 4.79 Å². The molecule has 0 fully saturated rings. The summed E-state index contributed by atoms with van der Waals surface area (Å²) < 4.78 is 0. The van der Waals surface area contributed by atoms with Gasteiger partial charge in [0.1, 0.15) is 23.7 Å². The smallest absolute Gasteiger partial charge is 0.148 e. The summed E-state index contributed by atoms with van der Waals surface area (Å²) in [5, 5.41) is 6.07. The van der Waals surface area contributed by atoms with Crippen molar-refractivity contribution in [3.8, 4) is 0 Å². The van der Waals surface area contributed by atoms with Crippen LogP contribution in [0.4, 0.5) is 11.6 Å². The van der Waals surface area contributed by atoms with Gasteiger partial charge in [0.2, 0.25) is 0 Å². The highest BCUT2D eigenvalue weighted by Crippen LogP contribution is 2.07. The van der Waals surface area contributed by atoms with Crippen molar-refractivity contribution in [3.63, 3.8) is 0 Å². The van der Waals surface area contributed by atoms with E-state index in [4.69, 9.17) is 0 Å². The summed E-state index contributed by atoms with van der Waals surface area (Å²) in [5.74, 6) is 1.52. The maximum Gasteiger partial charge on any atom is 0.148 e. The van der Waals surface area contributed by atoms with Crippen LogP contribution in [0, 0.1) is 0 Å². The molecule has 15 heavy (non-hydrogen) atoms. The zero-order valence-corrected chi connectivity index (χ0v) is 9.08. The molecule has 5 nitrogen and oxygen atoms in total. The van der Waals surface area contributed by atoms with Crippen LogP contribution in [-0.4, -0.2) is 28.8 Å². The van der Waals surface area contributed by atoms with E-state index >= 15 is 0 Å². The minimum atomic E-state index is 0.0803. The first-order valence-corrected chi connectivity index (χ1v) is 5.01. The minimum absolute atomic E-state index is 0.0803. The van der Waals surface area contributed by atoms with Gasteiger partial charge in [0.05, 0.1) is 6.54 Å². The normalized spacial score (nSPS) is 9.73. The zero-order valence-electron chi connectivity index (χ0n) is 9.08. The predicted octanol–water partition coefficient (Wildman–Crippen LogP) is 1.30. The van der Waals surface area contributed by atoms with Crippen molar-refractivity contribution in [2.24, 2.45) is 0 Å². The number of nitrogens with one attached hydrogen (secondary N) is 2. The molecule has 82 valence electrons. The molecular formula is C10H16N4O. The van der Waals surface area contributed by atoms with Crippen LogP contribution in [0.15, 0.2) is 12.4 Å². The van der Waals surface area contributed by atoms with E-state index in [1.165, 1.54) is 13.3 Å². The van der Waals surface area contributed by atoms with Crippen molar-refractivity contribution in [3.05, 3.63) is 12.4 Å². The lowest BCUT2D eigenvalue weighted by atomic mass is 10.4. The third-order valence-electron chi connectivity index (χ3n) is 1.74. The Kier molecular flexibility index (Phi) is 4.53. The molecule has 0 aliphatic carbocycles. The Hall–Kier alpha value is -1.65. The van der Waals surface area contributed by atoms with E-state index in [-0.39, 0.29) is 5.78 Å². The molecule has 0 spiro atoms. The predicted molar refractivity (Wildman–Crippen MR) is 60.0 cm³/mol. The molecule has 1 heterocycles. The number of nitrogens with zero attached hydrogens (tertiary/aromatic N) is 2. The summed E-state index contributed by atoms with van der Waals surface area (Å²) >= 11 is 0. The number of hydrogen-bond donors (Lipinski definition) is 2. The van der Waals surface area contributed by atoms with E-state index in [0.29, 0.717) is 12.4 Å². The summed E-state index contributed by atoms with van der Waals surface area (Å²) in [6, 6.07) is 1.79. The second kappa shape index (κ2) is 5.95. The molecule has 0 amide bonds. The second-order valence-corrected chi connectivity index (χ2v) is 3.27. The number of carbonyl (C=O) groups excluding carboxylic acids is 1. The number of rotatable bonds is 6. The van der Waals surface area contributed by atoms with Crippen molar-refractivity contribution >= 4 is 17.4 Å². The highest BCUT2D eigenvalue weighted by atomic mass is 16.1. The van der Waals surface area contributed by atoms with Gasteiger partial charge in [-0.15, -0.1) is 0 Å². The Morgan fingerprint density at radius 1 is 1.33 bits per heavy atom. The molecule has 1 aromatic heterocycles. The Bertz CT molecular complexity index is 327. The second-order valence-electron chi connectivity index (χ2n) is 3.27. The van der Waals surface area contributed by atoms with Gasteiger partial charge in [-0.05, 0) is 13.3 Å². The van der Waals surface area contributed by atoms with E-state index in [2.05, 4.69) is 27.5 Å². The number of ketones is 1. The number of anilines is 2. The van der Waals surface area contributed by atoms with Gasteiger partial charge in [0, 0.05) is 12.6 Å². The van der Waals surface area contributed by atoms with Crippen LogP contribution in [0.5, 0.6) is 0 Å². The number of hydrogen-bond acceptors (Lipinski definition) is 5.